The predicted octanol–water partition coefficient (Wildman–Crippen LogP) is 1.95. The summed E-state index contributed by atoms with van der Waals surface area (Å²) in [4.78, 5) is 22.6. The average Bonchev–Trinajstić information content (AvgIpc) is 2.30. The van der Waals surface area contributed by atoms with Crippen LogP contribution in [0.2, 0.25) is 0 Å². The Morgan fingerprint density at radius 1 is 1.31 bits per heavy atom. The number of hydrogen-bond donors (Lipinski definition) is 0. The number of ketones is 1. The van der Waals surface area contributed by atoms with Gasteiger partial charge in [-0.1, -0.05) is 0 Å². The van der Waals surface area contributed by atoms with E-state index >= 15 is 0 Å². The number of Topliss-reactive ketones (excluding diaryl/α,β-unsaturated/α-hetero) is 1. The van der Waals surface area contributed by atoms with Crippen molar-refractivity contribution in [1.29, 1.82) is 0 Å². The molecule has 0 N–H and O–H groups in total. The largest absolute Gasteiger partial charge is 0.496 e. The summed E-state index contributed by atoms with van der Waals surface area (Å²) in [6, 6.07) is 2.19. The van der Waals surface area contributed by atoms with Crippen LogP contribution >= 0.6 is 15.9 Å². The summed E-state index contributed by atoms with van der Waals surface area (Å²) in [6.07, 6.45) is 0. The molecule has 6 heteroatoms. The summed E-state index contributed by atoms with van der Waals surface area (Å²) in [5.74, 6) is -2.52. The third-order valence-electron chi connectivity index (χ3n) is 1.86. The molecule has 0 atom stereocenters. The summed E-state index contributed by atoms with van der Waals surface area (Å²) >= 11 is 2.91. The van der Waals surface area contributed by atoms with Crippen molar-refractivity contribution in [1.82, 2.24) is 0 Å². The van der Waals surface area contributed by atoms with Gasteiger partial charge in [0.25, 0.3) is 5.78 Å². The molecule has 0 radical (unpaired) electrons. The molecule has 86 valence electrons. The first kappa shape index (κ1) is 12.6. The lowest BCUT2D eigenvalue weighted by atomic mass is 10.1. The van der Waals surface area contributed by atoms with Crippen molar-refractivity contribution in [3.63, 3.8) is 0 Å². The van der Waals surface area contributed by atoms with Crippen molar-refractivity contribution in [2.45, 2.75) is 0 Å². The topological polar surface area (TPSA) is 52.6 Å². The van der Waals surface area contributed by atoms with Crippen LogP contribution in [0, 0.1) is 5.82 Å². The maximum absolute atomic E-state index is 13.1. The SMILES string of the molecule is COC(=O)C(=O)c1cc(Br)c(F)cc1OC. The van der Waals surface area contributed by atoms with E-state index in [0.717, 1.165) is 13.2 Å². The van der Waals surface area contributed by atoms with E-state index in [-0.39, 0.29) is 15.8 Å². The molecular formula is C10H8BrFO4. The molecule has 4 nitrogen and oxygen atoms in total. The van der Waals surface area contributed by atoms with Gasteiger partial charge in [0.15, 0.2) is 0 Å². The number of esters is 1. The van der Waals surface area contributed by atoms with Gasteiger partial charge in [-0.05, 0) is 22.0 Å². The Kier molecular flexibility index (Phi) is 4.00. The highest BCUT2D eigenvalue weighted by Gasteiger charge is 2.22. The molecule has 16 heavy (non-hydrogen) atoms. The Balaban J connectivity index is 3.27. The van der Waals surface area contributed by atoms with Crippen molar-refractivity contribution < 1.29 is 23.5 Å². The summed E-state index contributed by atoms with van der Waals surface area (Å²) in [6.45, 7) is 0. The van der Waals surface area contributed by atoms with Gasteiger partial charge in [-0.25, -0.2) is 9.18 Å². The molecule has 0 saturated carbocycles. The van der Waals surface area contributed by atoms with Crippen molar-refractivity contribution >= 4 is 27.7 Å². The molecule has 0 fully saturated rings. The highest BCUT2D eigenvalue weighted by molar-refractivity contribution is 9.10. The van der Waals surface area contributed by atoms with Crippen LogP contribution < -0.4 is 4.74 Å². The van der Waals surface area contributed by atoms with E-state index in [1.807, 2.05) is 0 Å². The van der Waals surface area contributed by atoms with Crippen LogP contribution in [0.3, 0.4) is 0 Å². The fraction of sp³-hybridized carbons (Fsp3) is 0.200. The lowest BCUT2D eigenvalue weighted by molar-refractivity contribution is -0.135. The average molecular weight is 291 g/mol. The fourth-order valence-corrected chi connectivity index (χ4v) is 1.42. The summed E-state index contributed by atoms with van der Waals surface area (Å²) in [5, 5.41) is 0. The van der Waals surface area contributed by atoms with Crippen molar-refractivity contribution in [3.8, 4) is 5.75 Å². The summed E-state index contributed by atoms with van der Waals surface area (Å²) in [5.41, 5.74) is -0.0531. The minimum Gasteiger partial charge on any atom is -0.496 e. The van der Waals surface area contributed by atoms with Crippen LogP contribution in [-0.4, -0.2) is 26.0 Å². The van der Waals surface area contributed by atoms with Gasteiger partial charge in [0.1, 0.15) is 11.6 Å². The lowest BCUT2D eigenvalue weighted by Crippen LogP contribution is -2.16. The Bertz CT molecular complexity index is 445. The number of rotatable bonds is 3. The Morgan fingerprint density at radius 3 is 2.44 bits per heavy atom. The molecule has 1 aromatic carbocycles. The molecular weight excluding hydrogens is 283 g/mol. The molecule has 0 spiro atoms. The van der Waals surface area contributed by atoms with Gasteiger partial charge < -0.3 is 9.47 Å². The maximum Gasteiger partial charge on any atom is 0.379 e. The van der Waals surface area contributed by atoms with Crippen molar-refractivity contribution in [2.24, 2.45) is 0 Å². The van der Waals surface area contributed by atoms with E-state index in [1.165, 1.54) is 13.2 Å². The Hall–Kier alpha value is -1.43. The molecule has 0 aromatic heterocycles. The van der Waals surface area contributed by atoms with Gasteiger partial charge in [-0.15, -0.1) is 0 Å². The zero-order valence-electron chi connectivity index (χ0n) is 8.54. The number of methoxy groups -OCH3 is 2. The van der Waals surface area contributed by atoms with Crippen LogP contribution in [0.1, 0.15) is 10.4 Å². The number of benzene rings is 1. The molecule has 0 unspecified atom stereocenters. The van der Waals surface area contributed by atoms with Crippen LogP contribution in [0.4, 0.5) is 4.39 Å². The van der Waals surface area contributed by atoms with E-state index in [0.29, 0.717) is 0 Å². The molecule has 0 amide bonds. The third-order valence-corrected chi connectivity index (χ3v) is 2.47. The van der Waals surface area contributed by atoms with Crippen LogP contribution in [0.15, 0.2) is 16.6 Å². The first-order valence-electron chi connectivity index (χ1n) is 4.17. The second-order valence-corrected chi connectivity index (χ2v) is 3.64. The Labute approximate surface area is 99.5 Å². The zero-order chi connectivity index (χ0) is 12.3. The summed E-state index contributed by atoms with van der Waals surface area (Å²) < 4.78 is 22.3. The fourth-order valence-electron chi connectivity index (χ4n) is 1.08. The smallest absolute Gasteiger partial charge is 0.379 e. The number of hydrogen-bond acceptors (Lipinski definition) is 4. The first-order valence-corrected chi connectivity index (χ1v) is 4.96. The highest BCUT2D eigenvalue weighted by atomic mass is 79.9. The second-order valence-electron chi connectivity index (χ2n) is 2.79. The molecule has 0 aliphatic heterocycles. The quantitative estimate of drug-likeness (QED) is 0.485. The van der Waals surface area contributed by atoms with Gasteiger partial charge >= 0.3 is 5.97 Å². The molecule has 0 saturated heterocycles. The first-order chi connectivity index (χ1) is 7.51. The predicted molar refractivity (Wildman–Crippen MR) is 57.0 cm³/mol. The van der Waals surface area contributed by atoms with Crippen molar-refractivity contribution in [3.05, 3.63) is 28.0 Å². The molecule has 1 rings (SSSR count). The van der Waals surface area contributed by atoms with Gasteiger partial charge in [0, 0.05) is 6.07 Å². The van der Waals surface area contributed by atoms with E-state index < -0.39 is 17.6 Å². The normalized spacial score (nSPS) is 9.75. The van der Waals surface area contributed by atoms with Gasteiger partial charge in [0.05, 0.1) is 24.3 Å². The molecule has 1 aromatic rings. The van der Waals surface area contributed by atoms with E-state index in [2.05, 4.69) is 20.7 Å². The van der Waals surface area contributed by atoms with E-state index in [9.17, 15) is 14.0 Å². The minimum atomic E-state index is -1.03. The molecule has 0 aliphatic carbocycles. The number of halogens is 2. The molecule has 0 heterocycles. The number of carbonyl (C=O) groups excluding carboxylic acids is 2. The monoisotopic (exact) mass is 290 g/mol. The van der Waals surface area contributed by atoms with Gasteiger partial charge in [-0.2, -0.15) is 0 Å². The third kappa shape index (κ3) is 2.38. The number of carbonyl (C=O) groups is 2. The van der Waals surface area contributed by atoms with Crippen LogP contribution in [-0.2, 0) is 9.53 Å². The minimum absolute atomic E-state index is 0.0175. The lowest BCUT2D eigenvalue weighted by Gasteiger charge is -2.07. The van der Waals surface area contributed by atoms with Gasteiger partial charge in [-0.3, -0.25) is 4.79 Å². The van der Waals surface area contributed by atoms with E-state index in [4.69, 9.17) is 4.74 Å². The number of ether oxygens (including phenoxy) is 2. The zero-order valence-corrected chi connectivity index (χ0v) is 10.1. The maximum atomic E-state index is 13.1. The van der Waals surface area contributed by atoms with Gasteiger partial charge in [0.2, 0.25) is 0 Å². The summed E-state index contributed by atoms with van der Waals surface area (Å²) in [7, 11) is 2.36. The Morgan fingerprint density at radius 2 is 1.94 bits per heavy atom. The van der Waals surface area contributed by atoms with Crippen molar-refractivity contribution in [2.75, 3.05) is 14.2 Å². The highest BCUT2D eigenvalue weighted by Crippen LogP contribution is 2.26. The van der Waals surface area contributed by atoms with Crippen LogP contribution in [0.5, 0.6) is 5.75 Å². The van der Waals surface area contributed by atoms with E-state index in [1.54, 1.807) is 0 Å². The molecule has 0 bridgehead atoms. The standard InChI is InChI=1S/C10H8BrFO4/c1-15-8-4-7(12)6(11)3-5(8)9(13)10(14)16-2/h3-4H,1-2H3. The molecule has 0 aliphatic rings. The van der Waals surface area contributed by atoms with Crippen LogP contribution in [0.25, 0.3) is 0 Å². The second kappa shape index (κ2) is 5.07.